The Labute approximate surface area is 104 Å². The van der Waals surface area contributed by atoms with Gasteiger partial charge in [-0.25, -0.2) is 0 Å². The number of nitrogens with one attached hydrogen (secondary N) is 1. The molecule has 3 heteroatoms. The van der Waals surface area contributed by atoms with Gasteiger partial charge in [0.05, 0.1) is 5.60 Å². The maximum Gasteiger partial charge on any atom is 0.0731 e. The maximum atomic E-state index is 5.65. The molecule has 0 radical (unpaired) electrons. The van der Waals surface area contributed by atoms with Gasteiger partial charge in [-0.05, 0) is 31.9 Å². The first-order chi connectivity index (χ1) is 7.49. The van der Waals surface area contributed by atoms with Gasteiger partial charge in [-0.15, -0.1) is 0 Å². The minimum atomic E-state index is 0.0630. The molecule has 0 aromatic heterocycles. The van der Waals surface area contributed by atoms with Crippen LogP contribution in [-0.2, 0) is 4.74 Å². The van der Waals surface area contributed by atoms with Crippen LogP contribution in [0.25, 0.3) is 0 Å². The number of hydrogen-bond donors (Lipinski definition) is 1. The number of ether oxygens (including phenoxy) is 1. The summed E-state index contributed by atoms with van der Waals surface area (Å²) >= 11 is 2.13. The van der Waals surface area contributed by atoms with Gasteiger partial charge in [-0.3, -0.25) is 0 Å². The molecule has 3 atom stereocenters. The third kappa shape index (κ3) is 2.02. The highest BCUT2D eigenvalue weighted by atomic mass is 32.2. The molecule has 1 heterocycles. The second-order valence-corrected chi connectivity index (χ2v) is 7.36. The fourth-order valence-corrected chi connectivity index (χ4v) is 4.11. The number of hydrogen-bond acceptors (Lipinski definition) is 3. The minimum absolute atomic E-state index is 0.0630. The van der Waals surface area contributed by atoms with Gasteiger partial charge in [0.15, 0.2) is 0 Å². The summed E-state index contributed by atoms with van der Waals surface area (Å²) < 4.78 is 5.65. The van der Waals surface area contributed by atoms with Gasteiger partial charge in [0, 0.05) is 30.4 Å². The van der Waals surface area contributed by atoms with Gasteiger partial charge >= 0.3 is 0 Å². The summed E-state index contributed by atoms with van der Waals surface area (Å²) in [6.07, 6.45) is 3.95. The highest BCUT2D eigenvalue weighted by Gasteiger charge is 2.57. The Bertz CT molecular complexity index is 250. The van der Waals surface area contributed by atoms with Crippen LogP contribution in [0.5, 0.6) is 0 Å². The number of methoxy groups -OCH3 is 1. The van der Waals surface area contributed by atoms with E-state index in [1.165, 1.54) is 25.1 Å². The van der Waals surface area contributed by atoms with Crippen LogP contribution >= 0.6 is 11.8 Å². The summed E-state index contributed by atoms with van der Waals surface area (Å²) in [5, 5.41) is 4.59. The van der Waals surface area contributed by atoms with Crippen molar-refractivity contribution in [1.29, 1.82) is 0 Å². The highest BCUT2D eigenvalue weighted by molar-refractivity contribution is 8.00. The predicted molar refractivity (Wildman–Crippen MR) is 71.1 cm³/mol. The van der Waals surface area contributed by atoms with E-state index in [0.29, 0.717) is 6.04 Å². The second-order valence-electron chi connectivity index (χ2n) is 5.96. The summed E-state index contributed by atoms with van der Waals surface area (Å²) in [5.74, 6) is 1.36. The summed E-state index contributed by atoms with van der Waals surface area (Å²) in [4.78, 5) is 0. The fourth-order valence-electron chi connectivity index (χ4n) is 2.90. The van der Waals surface area contributed by atoms with E-state index in [4.69, 9.17) is 4.74 Å². The van der Waals surface area contributed by atoms with Crippen molar-refractivity contribution in [3.05, 3.63) is 0 Å². The van der Waals surface area contributed by atoms with Crippen LogP contribution in [0.4, 0.5) is 0 Å². The van der Waals surface area contributed by atoms with Gasteiger partial charge in [-0.2, -0.15) is 11.8 Å². The van der Waals surface area contributed by atoms with Crippen LogP contribution in [0.1, 0.15) is 40.0 Å². The fraction of sp³-hybridized carbons (Fsp3) is 1.00. The third-order valence-electron chi connectivity index (χ3n) is 4.89. The molecule has 1 aliphatic carbocycles. The molecule has 16 heavy (non-hydrogen) atoms. The monoisotopic (exact) mass is 243 g/mol. The zero-order valence-corrected chi connectivity index (χ0v) is 11.8. The Kier molecular flexibility index (Phi) is 3.58. The van der Waals surface area contributed by atoms with Crippen molar-refractivity contribution in [3.63, 3.8) is 0 Å². The molecule has 2 aliphatic rings. The topological polar surface area (TPSA) is 21.3 Å². The van der Waals surface area contributed by atoms with Crippen LogP contribution in [-0.4, -0.2) is 36.3 Å². The summed E-state index contributed by atoms with van der Waals surface area (Å²) in [6, 6.07) is 0.624. The number of rotatable bonds is 4. The quantitative estimate of drug-likeness (QED) is 0.820. The summed E-state index contributed by atoms with van der Waals surface area (Å²) in [7, 11) is 1.84. The zero-order valence-electron chi connectivity index (χ0n) is 11.0. The van der Waals surface area contributed by atoms with Crippen LogP contribution in [0, 0.1) is 5.41 Å². The molecule has 94 valence electrons. The van der Waals surface area contributed by atoms with E-state index in [1.807, 2.05) is 7.11 Å². The Morgan fingerprint density at radius 1 is 1.38 bits per heavy atom. The molecular weight excluding hydrogens is 218 g/mol. The molecule has 0 spiro atoms. The maximum absolute atomic E-state index is 5.65. The summed E-state index contributed by atoms with van der Waals surface area (Å²) in [5.41, 5.74) is 0.318. The van der Waals surface area contributed by atoms with Gasteiger partial charge < -0.3 is 10.1 Å². The number of thioether (sulfide) groups is 1. The largest absolute Gasteiger partial charge is 0.378 e. The van der Waals surface area contributed by atoms with Crippen LogP contribution in [0.2, 0.25) is 0 Å². The molecule has 2 nitrogen and oxygen atoms in total. The molecule has 0 aromatic rings. The Hall–Kier alpha value is 0.270. The first kappa shape index (κ1) is 12.7. The Morgan fingerprint density at radius 2 is 2.12 bits per heavy atom. The smallest absolute Gasteiger partial charge is 0.0731 e. The van der Waals surface area contributed by atoms with Crippen molar-refractivity contribution in [1.82, 2.24) is 5.32 Å². The van der Waals surface area contributed by atoms with Crippen LogP contribution in [0.3, 0.4) is 0 Å². The van der Waals surface area contributed by atoms with E-state index < -0.39 is 0 Å². The molecular formula is C13H25NOS. The standard InChI is InChI=1S/C13H25NOS/c1-12(2)11(8-13(12,3)15-4)14-9-10-6-5-7-16-10/h10-11,14H,5-9H2,1-4H3. The lowest BCUT2D eigenvalue weighted by Gasteiger charge is -2.59. The molecule has 1 N–H and O–H groups in total. The normalized spacial score (nSPS) is 42.0. The average molecular weight is 243 g/mol. The third-order valence-corrected chi connectivity index (χ3v) is 6.29. The Morgan fingerprint density at radius 3 is 2.62 bits per heavy atom. The van der Waals surface area contributed by atoms with E-state index in [2.05, 4.69) is 37.8 Å². The van der Waals surface area contributed by atoms with Crippen molar-refractivity contribution in [2.45, 2.75) is 56.9 Å². The van der Waals surface area contributed by atoms with E-state index in [9.17, 15) is 0 Å². The van der Waals surface area contributed by atoms with Crippen molar-refractivity contribution in [2.75, 3.05) is 19.4 Å². The molecule has 1 saturated carbocycles. The SMILES string of the molecule is COC1(C)CC(NCC2CCCS2)C1(C)C. The predicted octanol–water partition coefficient (Wildman–Crippen LogP) is 2.68. The van der Waals surface area contributed by atoms with E-state index in [0.717, 1.165) is 11.7 Å². The zero-order chi connectivity index (χ0) is 11.8. The van der Waals surface area contributed by atoms with Crippen LogP contribution in [0.15, 0.2) is 0 Å². The Balaban J connectivity index is 1.80. The van der Waals surface area contributed by atoms with Crippen molar-refractivity contribution in [3.8, 4) is 0 Å². The minimum Gasteiger partial charge on any atom is -0.378 e. The molecule has 0 amide bonds. The molecule has 1 saturated heterocycles. The second kappa shape index (κ2) is 4.51. The molecule has 1 aliphatic heterocycles. The van der Waals surface area contributed by atoms with Gasteiger partial charge in [0.2, 0.25) is 0 Å². The lowest BCUT2D eigenvalue weighted by molar-refractivity contribution is -0.180. The molecule has 3 unspecified atom stereocenters. The molecule has 2 fully saturated rings. The lowest BCUT2D eigenvalue weighted by atomic mass is 9.56. The van der Waals surface area contributed by atoms with E-state index in [-0.39, 0.29) is 11.0 Å². The first-order valence-corrected chi connectivity index (χ1v) is 7.44. The van der Waals surface area contributed by atoms with Crippen molar-refractivity contribution in [2.24, 2.45) is 5.41 Å². The highest BCUT2D eigenvalue weighted by Crippen LogP contribution is 2.51. The van der Waals surface area contributed by atoms with Crippen molar-refractivity contribution >= 4 is 11.8 Å². The summed E-state index contributed by atoms with van der Waals surface area (Å²) in [6.45, 7) is 8.05. The van der Waals surface area contributed by atoms with Crippen molar-refractivity contribution < 1.29 is 4.74 Å². The first-order valence-electron chi connectivity index (χ1n) is 6.40. The molecule has 2 rings (SSSR count). The van der Waals surface area contributed by atoms with Gasteiger partial charge in [-0.1, -0.05) is 13.8 Å². The average Bonchev–Trinajstić information content (AvgIpc) is 2.76. The molecule has 0 aromatic carbocycles. The lowest BCUT2D eigenvalue weighted by Crippen LogP contribution is -2.68. The van der Waals surface area contributed by atoms with E-state index in [1.54, 1.807) is 0 Å². The van der Waals surface area contributed by atoms with Crippen LogP contribution < -0.4 is 5.32 Å². The van der Waals surface area contributed by atoms with Gasteiger partial charge in [0.25, 0.3) is 0 Å². The molecule has 0 bridgehead atoms. The van der Waals surface area contributed by atoms with E-state index >= 15 is 0 Å². The van der Waals surface area contributed by atoms with Gasteiger partial charge in [0.1, 0.15) is 0 Å².